The van der Waals surface area contributed by atoms with E-state index < -0.39 is 0 Å². The molecule has 0 aromatic carbocycles. The predicted molar refractivity (Wildman–Crippen MR) is 59.8 cm³/mol. The Morgan fingerprint density at radius 1 is 1.00 bits per heavy atom. The Bertz CT molecular complexity index is 215. The quantitative estimate of drug-likeness (QED) is 0.400. The number of likely N-dealkylation sites (tertiary alicyclic amines) is 1. The van der Waals surface area contributed by atoms with Crippen molar-refractivity contribution in [3.05, 3.63) is 0 Å². The van der Waals surface area contributed by atoms with E-state index in [2.05, 4.69) is 0 Å². The summed E-state index contributed by atoms with van der Waals surface area (Å²) < 4.78 is 0. The summed E-state index contributed by atoms with van der Waals surface area (Å²) in [4.78, 5) is 24.2. The molecular weight excluding hydrogens is 214 g/mol. The first-order valence-corrected chi connectivity index (χ1v) is 6.18. The Hall–Kier alpha value is -0.570. The van der Waals surface area contributed by atoms with Crippen molar-refractivity contribution in [3.8, 4) is 0 Å². The summed E-state index contributed by atoms with van der Waals surface area (Å²) in [6.07, 6.45) is 5.85. The second-order valence-corrected chi connectivity index (χ2v) is 4.27. The van der Waals surface area contributed by atoms with E-state index in [-0.39, 0.29) is 11.8 Å². The van der Waals surface area contributed by atoms with Crippen molar-refractivity contribution in [1.29, 1.82) is 0 Å². The number of carbonyl (C=O) groups is 2. The van der Waals surface area contributed by atoms with Gasteiger partial charge in [0.05, 0.1) is 0 Å². The lowest BCUT2D eigenvalue weighted by Gasteiger charge is -2.24. The van der Waals surface area contributed by atoms with Gasteiger partial charge < -0.3 is 0 Å². The van der Waals surface area contributed by atoms with Gasteiger partial charge in [0.25, 0.3) is 0 Å². The molecule has 0 bridgehead atoms. The van der Waals surface area contributed by atoms with Gasteiger partial charge in [0.1, 0.15) is 0 Å². The molecule has 0 spiro atoms. The molecule has 1 aliphatic rings. The molecule has 1 saturated heterocycles. The molecule has 1 heterocycles. The van der Waals surface area contributed by atoms with Gasteiger partial charge in [-0.2, -0.15) is 0 Å². The molecule has 0 N–H and O–H groups in total. The molecule has 4 heteroatoms. The summed E-state index contributed by atoms with van der Waals surface area (Å²) in [5.74, 6) is 0.703. The van der Waals surface area contributed by atoms with E-state index >= 15 is 0 Å². The number of unbranched alkanes of at least 4 members (excludes halogenated alkanes) is 3. The van der Waals surface area contributed by atoms with E-state index in [4.69, 9.17) is 11.6 Å². The van der Waals surface area contributed by atoms with Crippen molar-refractivity contribution in [1.82, 2.24) is 4.90 Å². The van der Waals surface area contributed by atoms with Crippen LogP contribution in [0.15, 0.2) is 0 Å². The molecule has 2 amide bonds. The largest absolute Gasteiger partial charge is 0.283 e. The van der Waals surface area contributed by atoms with Gasteiger partial charge in [-0.1, -0.05) is 12.8 Å². The number of piperidine rings is 1. The average molecular weight is 232 g/mol. The number of hydrogen-bond acceptors (Lipinski definition) is 2. The molecule has 86 valence electrons. The zero-order valence-electron chi connectivity index (χ0n) is 9.01. The van der Waals surface area contributed by atoms with Crippen LogP contribution in [0.5, 0.6) is 0 Å². The SMILES string of the molecule is O=C1CCCC(=O)N1CCCCCCCl. The highest BCUT2D eigenvalue weighted by atomic mass is 35.5. The molecular formula is C11H18ClNO2. The number of alkyl halides is 1. The molecule has 1 aliphatic heterocycles. The fourth-order valence-corrected chi connectivity index (χ4v) is 1.96. The van der Waals surface area contributed by atoms with E-state index in [1.807, 2.05) is 0 Å². The highest BCUT2D eigenvalue weighted by Gasteiger charge is 2.24. The molecule has 3 nitrogen and oxygen atoms in total. The molecule has 0 radical (unpaired) electrons. The van der Waals surface area contributed by atoms with Crippen LogP contribution in [0.1, 0.15) is 44.9 Å². The van der Waals surface area contributed by atoms with Crippen molar-refractivity contribution in [2.75, 3.05) is 12.4 Å². The topological polar surface area (TPSA) is 37.4 Å². The monoisotopic (exact) mass is 231 g/mol. The summed E-state index contributed by atoms with van der Waals surface area (Å²) in [5, 5.41) is 0. The van der Waals surface area contributed by atoms with Crippen molar-refractivity contribution in [3.63, 3.8) is 0 Å². The molecule has 0 unspecified atom stereocenters. The predicted octanol–water partition coefficient (Wildman–Crippen LogP) is 2.32. The lowest BCUT2D eigenvalue weighted by Crippen LogP contribution is -2.40. The van der Waals surface area contributed by atoms with Crippen molar-refractivity contribution < 1.29 is 9.59 Å². The molecule has 1 rings (SSSR count). The van der Waals surface area contributed by atoms with Crippen molar-refractivity contribution in [2.24, 2.45) is 0 Å². The molecule has 1 fully saturated rings. The Balaban J connectivity index is 2.18. The minimum absolute atomic E-state index is 0.00333. The van der Waals surface area contributed by atoms with Crippen LogP contribution in [0, 0.1) is 0 Å². The fraction of sp³-hybridized carbons (Fsp3) is 0.818. The van der Waals surface area contributed by atoms with Crippen LogP contribution >= 0.6 is 11.6 Å². The number of amides is 2. The maximum atomic E-state index is 11.4. The Morgan fingerprint density at radius 2 is 1.60 bits per heavy atom. The summed E-state index contributed by atoms with van der Waals surface area (Å²) >= 11 is 5.56. The number of imide groups is 1. The number of rotatable bonds is 6. The third kappa shape index (κ3) is 4.20. The summed E-state index contributed by atoms with van der Waals surface area (Å²) in [5.41, 5.74) is 0. The third-order valence-electron chi connectivity index (χ3n) is 2.65. The number of halogens is 1. The number of nitrogens with zero attached hydrogens (tertiary/aromatic N) is 1. The van der Waals surface area contributed by atoms with E-state index in [1.54, 1.807) is 0 Å². The van der Waals surface area contributed by atoms with Crippen LogP contribution in [0.2, 0.25) is 0 Å². The average Bonchev–Trinajstić information content (AvgIpc) is 2.21. The first kappa shape index (κ1) is 12.5. The van der Waals surface area contributed by atoms with E-state index in [0.717, 1.165) is 32.1 Å². The van der Waals surface area contributed by atoms with Crippen LogP contribution in [0.4, 0.5) is 0 Å². The maximum Gasteiger partial charge on any atom is 0.229 e. The Morgan fingerprint density at radius 3 is 2.20 bits per heavy atom. The standard InChI is InChI=1S/C11H18ClNO2/c12-8-3-1-2-4-9-13-10(14)6-5-7-11(13)15/h1-9H2. The molecule has 0 aromatic rings. The number of hydrogen-bond donors (Lipinski definition) is 0. The van der Waals surface area contributed by atoms with Crippen LogP contribution in [0.25, 0.3) is 0 Å². The smallest absolute Gasteiger partial charge is 0.229 e. The van der Waals surface area contributed by atoms with Gasteiger partial charge in [0.15, 0.2) is 0 Å². The van der Waals surface area contributed by atoms with Gasteiger partial charge in [-0.15, -0.1) is 11.6 Å². The summed E-state index contributed by atoms with van der Waals surface area (Å²) in [6.45, 7) is 0.597. The lowest BCUT2D eigenvalue weighted by molar-refractivity contribution is -0.147. The maximum absolute atomic E-state index is 11.4. The van der Waals surface area contributed by atoms with Gasteiger partial charge in [-0.3, -0.25) is 14.5 Å². The Kier molecular flexibility index (Phi) is 5.69. The molecule has 0 atom stereocenters. The minimum atomic E-state index is 0.00333. The van der Waals surface area contributed by atoms with Gasteiger partial charge in [-0.05, 0) is 19.3 Å². The number of carbonyl (C=O) groups excluding carboxylic acids is 2. The van der Waals surface area contributed by atoms with Gasteiger partial charge >= 0.3 is 0 Å². The van der Waals surface area contributed by atoms with E-state index in [0.29, 0.717) is 25.3 Å². The fourth-order valence-electron chi connectivity index (χ4n) is 1.77. The highest BCUT2D eigenvalue weighted by molar-refractivity contribution is 6.17. The normalized spacial score (nSPS) is 17.3. The van der Waals surface area contributed by atoms with Crippen molar-refractivity contribution >= 4 is 23.4 Å². The second-order valence-electron chi connectivity index (χ2n) is 3.90. The Labute approximate surface area is 95.8 Å². The van der Waals surface area contributed by atoms with Crippen molar-refractivity contribution in [2.45, 2.75) is 44.9 Å². The first-order valence-electron chi connectivity index (χ1n) is 5.65. The molecule has 0 saturated carbocycles. The minimum Gasteiger partial charge on any atom is -0.283 e. The molecule has 0 aromatic heterocycles. The van der Waals surface area contributed by atoms with Gasteiger partial charge in [-0.25, -0.2) is 0 Å². The summed E-state index contributed by atoms with van der Waals surface area (Å²) in [6, 6.07) is 0. The van der Waals surface area contributed by atoms with Crippen LogP contribution in [0.3, 0.4) is 0 Å². The van der Waals surface area contributed by atoms with Crippen LogP contribution < -0.4 is 0 Å². The zero-order chi connectivity index (χ0) is 11.1. The van der Waals surface area contributed by atoms with Crippen LogP contribution in [-0.4, -0.2) is 29.1 Å². The van der Waals surface area contributed by atoms with Gasteiger partial charge in [0.2, 0.25) is 11.8 Å². The first-order chi connectivity index (χ1) is 7.25. The van der Waals surface area contributed by atoms with E-state index in [1.165, 1.54) is 4.90 Å². The van der Waals surface area contributed by atoms with Gasteiger partial charge in [0, 0.05) is 25.3 Å². The molecule has 0 aliphatic carbocycles. The van der Waals surface area contributed by atoms with E-state index in [9.17, 15) is 9.59 Å². The zero-order valence-corrected chi connectivity index (χ0v) is 9.76. The second kappa shape index (κ2) is 6.83. The summed E-state index contributed by atoms with van der Waals surface area (Å²) in [7, 11) is 0. The molecule has 15 heavy (non-hydrogen) atoms. The lowest BCUT2D eigenvalue weighted by atomic mass is 10.1. The van der Waals surface area contributed by atoms with Crippen LogP contribution in [-0.2, 0) is 9.59 Å². The third-order valence-corrected chi connectivity index (χ3v) is 2.92. The highest BCUT2D eigenvalue weighted by Crippen LogP contribution is 2.13.